The van der Waals surface area contributed by atoms with Crippen LogP contribution in [-0.2, 0) is 11.0 Å². The molecule has 0 spiro atoms. The maximum atomic E-state index is 12.8. The van der Waals surface area contributed by atoms with E-state index >= 15 is 0 Å². The van der Waals surface area contributed by atoms with Crippen LogP contribution in [0.15, 0.2) is 78.9 Å². The van der Waals surface area contributed by atoms with E-state index in [0.717, 1.165) is 12.1 Å². The number of benzene rings is 3. The molecule has 0 aliphatic carbocycles. The number of para-hydroxylation sites is 1. The number of hydrogen-bond donors (Lipinski definition) is 1. The third-order valence-electron chi connectivity index (χ3n) is 5.69. The Bertz CT molecular complexity index is 1140. The van der Waals surface area contributed by atoms with Gasteiger partial charge in [-0.2, -0.15) is 13.2 Å². The molecule has 1 aliphatic rings. The molecule has 0 atom stereocenters. The number of halogens is 3. The number of anilines is 1. The molecular weight excluding hydrogens is 445 g/mol. The summed E-state index contributed by atoms with van der Waals surface area (Å²) in [4.78, 5) is 27.0. The van der Waals surface area contributed by atoms with Gasteiger partial charge in [-0.1, -0.05) is 24.3 Å². The topological polar surface area (TPSA) is 58.6 Å². The molecule has 1 aliphatic heterocycles. The predicted molar refractivity (Wildman–Crippen MR) is 122 cm³/mol. The first kappa shape index (κ1) is 23.4. The van der Waals surface area contributed by atoms with Gasteiger partial charge >= 0.3 is 6.18 Å². The summed E-state index contributed by atoms with van der Waals surface area (Å²) in [6, 6.07) is 20.6. The molecule has 0 radical (unpaired) electrons. The Morgan fingerprint density at radius 1 is 0.853 bits per heavy atom. The minimum absolute atomic E-state index is 0.140. The molecule has 34 heavy (non-hydrogen) atoms. The Kier molecular flexibility index (Phi) is 6.86. The van der Waals surface area contributed by atoms with Gasteiger partial charge in [0, 0.05) is 36.3 Å². The number of likely N-dealkylation sites (tertiary alicyclic amines) is 1. The number of ether oxygens (including phenoxy) is 1. The highest BCUT2D eigenvalue weighted by atomic mass is 19.4. The van der Waals surface area contributed by atoms with Gasteiger partial charge in [0.1, 0.15) is 11.5 Å². The first-order valence-electron chi connectivity index (χ1n) is 10.9. The lowest BCUT2D eigenvalue weighted by Gasteiger charge is -2.31. The first-order chi connectivity index (χ1) is 16.3. The number of carbonyl (C=O) groups excluding carboxylic acids is 2. The summed E-state index contributed by atoms with van der Waals surface area (Å²) in [7, 11) is 0. The Hall–Kier alpha value is -3.81. The highest BCUT2D eigenvalue weighted by molar-refractivity contribution is 5.95. The van der Waals surface area contributed by atoms with Crippen LogP contribution >= 0.6 is 0 Å². The largest absolute Gasteiger partial charge is 0.457 e. The van der Waals surface area contributed by atoms with Crippen molar-refractivity contribution in [3.05, 3.63) is 90.0 Å². The molecule has 0 bridgehead atoms. The molecule has 0 saturated carbocycles. The van der Waals surface area contributed by atoms with Crippen LogP contribution in [0.5, 0.6) is 11.5 Å². The third-order valence-corrected chi connectivity index (χ3v) is 5.69. The van der Waals surface area contributed by atoms with Gasteiger partial charge in [0.2, 0.25) is 5.91 Å². The molecule has 0 aromatic heterocycles. The number of amides is 2. The van der Waals surface area contributed by atoms with Gasteiger partial charge < -0.3 is 15.0 Å². The minimum Gasteiger partial charge on any atom is -0.457 e. The van der Waals surface area contributed by atoms with E-state index in [9.17, 15) is 22.8 Å². The van der Waals surface area contributed by atoms with E-state index in [4.69, 9.17) is 4.74 Å². The van der Waals surface area contributed by atoms with E-state index in [2.05, 4.69) is 5.32 Å². The number of nitrogens with one attached hydrogen (secondary N) is 1. The minimum atomic E-state index is -4.44. The highest BCUT2D eigenvalue weighted by Gasteiger charge is 2.31. The third kappa shape index (κ3) is 5.75. The zero-order valence-corrected chi connectivity index (χ0v) is 18.2. The van der Waals surface area contributed by atoms with Crippen LogP contribution < -0.4 is 10.1 Å². The van der Waals surface area contributed by atoms with Gasteiger partial charge in [-0.25, -0.2) is 0 Å². The summed E-state index contributed by atoms with van der Waals surface area (Å²) in [5.41, 5.74) is 0.0190. The van der Waals surface area contributed by atoms with Crippen molar-refractivity contribution in [1.29, 1.82) is 0 Å². The van der Waals surface area contributed by atoms with Crippen molar-refractivity contribution in [3.63, 3.8) is 0 Å². The fraction of sp³-hybridized carbons (Fsp3) is 0.231. The summed E-state index contributed by atoms with van der Waals surface area (Å²) < 4.78 is 44.0. The van der Waals surface area contributed by atoms with E-state index in [1.54, 1.807) is 29.2 Å². The normalized spacial score (nSPS) is 14.5. The second kappa shape index (κ2) is 9.99. The molecule has 1 fully saturated rings. The van der Waals surface area contributed by atoms with E-state index in [1.165, 1.54) is 12.1 Å². The predicted octanol–water partition coefficient (Wildman–Crippen LogP) is 5.99. The van der Waals surface area contributed by atoms with Crippen LogP contribution in [0.4, 0.5) is 18.9 Å². The Balaban J connectivity index is 1.31. The molecule has 3 aromatic rings. The fourth-order valence-electron chi connectivity index (χ4n) is 3.84. The number of rotatable bonds is 5. The Labute approximate surface area is 195 Å². The molecule has 1 saturated heterocycles. The van der Waals surface area contributed by atoms with Crippen LogP contribution in [-0.4, -0.2) is 29.8 Å². The van der Waals surface area contributed by atoms with Gasteiger partial charge in [-0.3, -0.25) is 9.59 Å². The Morgan fingerprint density at radius 3 is 2.15 bits per heavy atom. The van der Waals surface area contributed by atoms with Crippen LogP contribution in [0.25, 0.3) is 0 Å². The van der Waals surface area contributed by atoms with Crippen molar-refractivity contribution < 1.29 is 27.5 Å². The maximum Gasteiger partial charge on any atom is 0.416 e. The molecule has 1 heterocycles. The Morgan fingerprint density at radius 2 is 1.50 bits per heavy atom. The molecule has 5 nitrogen and oxygen atoms in total. The van der Waals surface area contributed by atoms with Crippen molar-refractivity contribution in [3.8, 4) is 11.5 Å². The number of carbonyl (C=O) groups is 2. The molecule has 176 valence electrons. The fourth-order valence-corrected chi connectivity index (χ4v) is 3.84. The number of hydrogen-bond acceptors (Lipinski definition) is 3. The maximum absolute atomic E-state index is 12.8. The van der Waals surface area contributed by atoms with Gasteiger partial charge in [0.05, 0.1) is 5.56 Å². The second-order valence-electron chi connectivity index (χ2n) is 8.07. The molecule has 3 aromatic carbocycles. The summed E-state index contributed by atoms with van der Waals surface area (Å²) in [6.07, 6.45) is -3.50. The highest BCUT2D eigenvalue weighted by Crippen LogP contribution is 2.30. The van der Waals surface area contributed by atoms with Gasteiger partial charge in [-0.05, 0) is 61.4 Å². The van der Waals surface area contributed by atoms with Crippen LogP contribution in [0, 0.1) is 5.92 Å². The van der Waals surface area contributed by atoms with Crippen molar-refractivity contribution >= 4 is 17.5 Å². The second-order valence-corrected chi connectivity index (χ2v) is 8.07. The molecular formula is C26H23F3N2O3. The van der Waals surface area contributed by atoms with Crippen molar-refractivity contribution in [2.24, 2.45) is 5.92 Å². The van der Waals surface area contributed by atoms with Gasteiger partial charge in [0.15, 0.2) is 0 Å². The average molecular weight is 468 g/mol. The average Bonchev–Trinajstić information content (AvgIpc) is 2.84. The van der Waals surface area contributed by atoms with Crippen LogP contribution in [0.1, 0.15) is 28.8 Å². The van der Waals surface area contributed by atoms with Crippen molar-refractivity contribution in [1.82, 2.24) is 4.90 Å². The molecule has 1 N–H and O–H groups in total. The standard InChI is InChI=1S/C26H23F3N2O3/c27-26(28,29)20-11-9-19(10-12-20)25(33)31-15-13-18(14-16-31)24(32)30-21-5-4-8-23(17-21)34-22-6-2-1-3-7-22/h1-12,17-18H,13-16H2,(H,30,32). The number of alkyl halides is 3. The molecule has 8 heteroatoms. The SMILES string of the molecule is O=C(Nc1cccc(Oc2ccccc2)c1)C1CCN(C(=O)c2ccc(C(F)(F)F)cc2)CC1. The number of piperidine rings is 1. The summed E-state index contributed by atoms with van der Waals surface area (Å²) in [5, 5.41) is 2.90. The lowest BCUT2D eigenvalue weighted by Crippen LogP contribution is -2.41. The molecule has 2 amide bonds. The quantitative estimate of drug-likeness (QED) is 0.501. The first-order valence-corrected chi connectivity index (χ1v) is 10.9. The van der Waals surface area contributed by atoms with Gasteiger partial charge in [-0.15, -0.1) is 0 Å². The van der Waals surface area contributed by atoms with Crippen molar-refractivity contribution in [2.45, 2.75) is 19.0 Å². The summed E-state index contributed by atoms with van der Waals surface area (Å²) >= 11 is 0. The van der Waals surface area contributed by atoms with E-state index in [0.29, 0.717) is 43.1 Å². The monoisotopic (exact) mass is 468 g/mol. The summed E-state index contributed by atoms with van der Waals surface area (Å²) in [6.45, 7) is 0.713. The van der Waals surface area contributed by atoms with E-state index < -0.39 is 11.7 Å². The number of nitrogens with zero attached hydrogens (tertiary/aromatic N) is 1. The summed E-state index contributed by atoms with van der Waals surface area (Å²) in [5.74, 6) is 0.546. The molecule has 4 rings (SSSR count). The van der Waals surface area contributed by atoms with Crippen LogP contribution in [0.2, 0.25) is 0 Å². The smallest absolute Gasteiger partial charge is 0.416 e. The van der Waals surface area contributed by atoms with Crippen molar-refractivity contribution in [2.75, 3.05) is 18.4 Å². The lowest BCUT2D eigenvalue weighted by atomic mass is 9.95. The zero-order chi connectivity index (χ0) is 24.1. The van der Waals surface area contributed by atoms with Gasteiger partial charge in [0.25, 0.3) is 5.91 Å². The molecule has 0 unspecified atom stereocenters. The van der Waals surface area contributed by atoms with Crippen LogP contribution in [0.3, 0.4) is 0 Å². The lowest BCUT2D eigenvalue weighted by molar-refractivity contribution is -0.137. The van der Waals surface area contributed by atoms with E-state index in [-0.39, 0.29) is 23.3 Å². The zero-order valence-electron chi connectivity index (χ0n) is 18.2. The van der Waals surface area contributed by atoms with E-state index in [1.807, 2.05) is 30.3 Å².